The summed E-state index contributed by atoms with van der Waals surface area (Å²) in [4.78, 5) is 12.4. The van der Waals surface area contributed by atoms with Crippen molar-refractivity contribution in [2.45, 2.75) is 78.4 Å². The standard InChI is InChI=1S/C19H36N2O2.ClH/c1-5-6-11-23-17-13-16(19(17,3)4)21-18(22)12-14(2)15-7-9-20-10-8-15;/h14-17,20H,5-13H2,1-4H3,(H,21,22);1H. The number of piperidine rings is 1. The van der Waals surface area contributed by atoms with Gasteiger partial charge in [0, 0.05) is 24.5 Å². The molecule has 0 aromatic rings. The highest BCUT2D eigenvalue weighted by atomic mass is 35.5. The first-order chi connectivity index (χ1) is 10.9. The highest BCUT2D eigenvalue weighted by Gasteiger charge is 2.49. The quantitative estimate of drug-likeness (QED) is 0.651. The Balaban J connectivity index is 0.00000288. The van der Waals surface area contributed by atoms with Gasteiger partial charge in [-0.05, 0) is 50.6 Å². The van der Waals surface area contributed by atoms with Gasteiger partial charge in [0.2, 0.25) is 5.91 Å². The Kier molecular flexibility index (Phi) is 9.03. The summed E-state index contributed by atoms with van der Waals surface area (Å²) in [5, 5.41) is 6.66. The van der Waals surface area contributed by atoms with Gasteiger partial charge in [-0.1, -0.05) is 34.1 Å². The summed E-state index contributed by atoms with van der Waals surface area (Å²) < 4.78 is 5.96. The number of carbonyl (C=O) groups is 1. The number of unbranched alkanes of at least 4 members (excludes halogenated alkanes) is 1. The Labute approximate surface area is 154 Å². The van der Waals surface area contributed by atoms with Crippen LogP contribution in [0.25, 0.3) is 0 Å². The van der Waals surface area contributed by atoms with Crippen molar-refractivity contribution in [2.75, 3.05) is 19.7 Å². The van der Waals surface area contributed by atoms with Crippen molar-refractivity contribution < 1.29 is 9.53 Å². The number of nitrogens with one attached hydrogen (secondary N) is 2. The van der Waals surface area contributed by atoms with E-state index in [0.717, 1.165) is 32.5 Å². The van der Waals surface area contributed by atoms with Crippen LogP contribution in [0.4, 0.5) is 0 Å². The molecule has 0 radical (unpaired) electrons. The molecule has 1 saturated carbocycles. The second-order valence-corrected chi connectivity index (χ2v) is 8.16. The Hall–Kier alpha value is -0.320. The maximum absolute atomic E-state index is 12.4. The van der Waals surface area contributed by atoms with Crippen molar-refractivity contribution >= 4 is 18.3 Å². The topological polar surface area (TPSA) is 50.4 Å². The SMILES string of the molecule is CCCCOC1CC(NC(=O)CC(C)C2CCNCC2)C1(C)C.Cl. The predicted octanol–water partition coefficient (Wildman–Crippen LogP) is 3.53. The molecule has 142 valence electrons. The molecule has 0 aromatic carbocycles. The van der Waals surface area contributed by atoms with Gasteiger partial charge in [-0.25, -0.2) is 0 Å². The summed E-state index contributed by atoms with van der Waals surface area (Å²) >= 11 is 0. The summed E-state index contributed by atoms with van der Waals surface area (Å²) in [7, 11) is 0. The first-order valence-electron chi connectivity index (χ1n) is 9.56. The van der Waals surface area contributed by atoms with Gasteiger partial charge < -0.3 is 15.4 Å². The lowest BCUT2D eigenvalue weighted by Gasteiger charge is -2.51. The zero-order valence-electron chi connectivity index (χ0n) is 15.9. The molecule has 1 amide bonds. The third-order valence-electron chi connectivity index (χ3n) is 6.03. The van der Waals surface area contributed by atoms with Gasteiger partial charge in [-0.3, -0.25) is 4.79 Å². The van der Waals surface area contributed by atoms with Crippen molar-refractivity contribution in [1.82, 2.24) is 10.6 Å². The molecular weight excluding hydrogens is 324 g/mol. The van der Waals surface area contributed by atoms with Crippen LogP contribution in [0.3, 0.4) is 0 Å². The van der Waals surface area contributed by atoms with E-state index in [1.807, 2.05) is 0 Å². The molecule has 2 fully saturated rings. The molecule has 3 atom stereocenters. The van der Waals surface area contributed by atoms with Crippen molar-refractivity contribution in [2.24, 2.45) is 17.3 Å². The molecule has 0 aromatic heterocycles. The number of carbonyl (C=O) groups excluding carboxylic acids is 1. The van der Waals surface area contributed by atoms with E-state index in [9.17, 15) is 4.79 Å². The van der Waals surface area contributed by atoms with Crippen molar-refractivity contribution in [1.29, 1.82) is 0 Å². The van der Waals surface area contributed by atoms with Crippen LogP contribution in [0.15, 0.2) is 0 Å². The lowest BCUT2D eigenvalue weighted by molar-refractivity contribution is -0.138. The molecule has 3 unspecified atom stereocenters. The summed E-state index contributed by atoms with van der Waals surface area (Å²) in [5.74, 6) is 1.40. The molecule has 1 aliphatic carbocycles. The molecule has 1 saturated heterocycles. The number of amides is 1. The molecule has 5 heteroatoms. The van der Waals surface area contributed by atoms with Crippen molar-refractivity contribution in [3.8, 4) is 0 Å². The smallest absolute Gasteiger partial charge is 0.220 e. The van der Waals surface area contributed by atoms with Crippen LogP contribution < -0.4 is 10.6 Å². The van der Waals surface area contributed by atoms with Crippen LogP contribution in [-0.2, 0) is 9.53 Å². The summed E-state index contributed by atoms with van der Waals surface area (Å²) in [6.07, 6.45) is 6.62. The van der Waals surface area contributed by atoms with Crippen LogP contribution in [0.5, 0.6) is 0 Å². The molecule has 0 spiro atoms. The minimum Gasteiger partial charge on any atom is -0.378 e. The van der Waals surface area contributed by atoms with Gasteiger partial charge in [-0.15, -0.1) is 12.4 Å². The van der Waals surface area contributed by atoms with Gasteiger partial charge in [0.25, 0.3) is 0 Å². The molecule has 2 N–H and O–H groups in total. The largest absolute Gasteiger partial charge is 0.378 e. The number of halogens is 1. The fraction of sp³-hybridized carbons (Fsp3) is 0.947. The third-order valence-corrected chi connectivity index (χ3v) is 6.03. The van der Waals surface area contributed by atoms with E-state index in [-0.39, 0.29) is 29.8 Å². The van der Waals surface area contributed by atoms with Crippen molar-refractivity contribution in [3.05, 3.63) is 0 Å². The van der Waals surface area contributed by atoms with E-state index in [1.165, 1.54) is 19.3 Å². The minimum absolute atomic E-state index is 0. The second-order valence-electron chi connectivity index (χ2n) is 8.16. The Morgan fingerprint density at radius 1 is 1.33 bits per heavy atom. The van der Waals surface area contributed by atoms with E-state index in [1.54, 1.807) is 0 Å². The predicted molar refractivity (Wildman–Crippen MR) is 102 cm³/mol. The zero-order chi connectivity index (χ0) is 16.9. The fourth-order valence-corrected chi connectivity index (χ4v) is 3.91. The normalized spacial score (nSPS) is 27.7. The molecule has 1 aliphatic heterocycles. The van der Waals surface area contributed by atoms with E-state index >= 15 is 0 Å². The highest BCUT2D eigenvalue weighted by Crippen LogP contribution is 2.43. The maximum Gasteiger partial charge on any atom is 0.220 e. The molecular formula is C19H37ClN2O2. The monoisotopic (exact) mass is 360 g/mol. The number of hydrogen-bond donors (Lipinski definition) is 2. The average molecular weight is 361 g/mol. The zero-order valence-corrected chi connectivity index (χ0v) is 16.7. The fourth-order valence-electron chi connectivity index (χ4n) is 3.91. The van der Waals surface area contributed by atoms with Crippen molar-refractivity contribution in [3.63, 3.8) is 0 Å². The highest BCUT2D eigenvalue weighted by molar-refractivity contribution is 5.85. The first kappa shape index (κ1) is 21.7. The molecule has 24 heavy (non-hydrogen) atoms. The lowest BCUT2D eigenvalue weighted by atomic mass is 9.64. The third kappa shape index (κ3) is 5.60. The Morgan fingerprint density at radius 2 is 2.00 bits per heavy atom. The van der Waals surface area contributed by atoms with Crippen LogP contribution >= 0.6 is 12.4 Å². The molecule has 2 rings (SSSR count). The van der Waals surface area contributed by atoms with Crippen LogP contribution in [-0.4, -0.2) is 37.7 Å². The van der Waals surface area contributed by atoms with E-state index in [2.05, 4.69) is 38.3 Å². The van der Waals surface area contributed by atoms with Gasteiger partial charge in [-0.2, -0.15) is 0 Å². The second kappa shape index (κ2) is 9.98. The summed E-state index contributed by atoms with van der Waals surface area (Å²) in [5.41, 5.74) is 0.0569. The summed E-state index contributed by atoms with van der Waals surface area (Å²) in [6.45, 7) is 11.9. The van der Waals surface area contributed by atoms with Gasteiger partial charge >= 0.3 is 0 Å². The van der Waals surface area contributed by atoms with E-state index < -0.39 is 0 Å². The number of ether oxygens (including phenoxy) is 1. The van der Waals surface area contributed by atoms with Crippen LogP contribution in [0.1, 0.15) is 66.2 Å². The molecule has 0 bridgehead atoms. The van der Waals surface area contributed by atoms with E-state index in [0.29, 0.717) is 24.4 Å². The maximum atomic E-state index is 12.4. The van der Waals surface area contributed by atoms with E-state index in [4.69, 9.17) is 4.74 Å². The number of hydrogen-bond acceptors (Lipinski definition) is 3. The number of rotatable bonds is 8. The summed E-state index contributed by atoms with van der Waals surface area (Å²) in [6, 6.07) is 0.266. The Morgan fingerprint density at radius 3 is 2.58 bits per heavy atom. The van der Waals surface area contributed by atoms with Crippen LogP contribution in [0.2, 0.25) is 0 Å². The molecule has 4 nitrogen and oxygen atoms in total. The van der Waals surface area contributed by atoms with Crippen LogP contribution in [0, 0.1) is 17.3 Å². The molecule has 1 heterocycles. The van der Waals surface area contributed by atoms with Gasteiger partial charge in [0.15, 0.2) is 0 Å². The van der Waals surface area contributed by atoms with Gasteiger partial charge in [0.05, 0.1) is 6.10 Å². The first-order valence-corrected chi connectivity index (χ1v) is 9.56. The minimum atomic E-state index is 0. The lowest BCUT2D eigenvalue weighted by Crippen LogP contribution is -2.62. The average Bonchev–Trinajstić information content (AvgIpc) is 2.54. The van der Waals surface area contributed by atoms with Gasteiger partial charge in [0.1, 0.15) is 0 Å². The Bertz CT molecular complexity index is 384. The molecule has 2 aliphatic rings.